The van der Waals surface area contributed by atoms with Crippen molar-refractivity contribution in [2.45, 2.75) is 52.0 Å². The minimum Gasteiger partial charge on any atom is -0.370 e. The van der Waals surface area contributed by atoms with E-state index in [9.17, 15) is 9.18 Å². The number of amides is 1. The van der Waals surface area contributed by atoms with Crippen LogP contribution in [0.15, 0.2) is 24.4 Å². The van der Waals surface area contributed by atoms with Gasteiger partial charge in [-0.3, -0.25) is 4.79 Å². The van der Waals surface area contributed by atoms with E-state index in [0.29, 0.717) is 0 Å². The summed E-state index contributed by atoms with van der Waals surface area (Å²) >= 11 is 0. The normalized spacial score (nSPS) is 15.3. The van der Waals surface area contributed by atoms with E-state index in [4.69, 9.17) is 5.73 Å². The van der Waals surface area contributed by atoms with E-state index in [1.165, 1.54) is 5.69 Å². The molecule has 1 saturated heterocycles. The molecule has 0 unspecified atom stereocenters. The Morgan fingerprint density at radius 1 is 1.24 bits per heavy atom. The SMILES string of the molecule is CCCCC[C@H](CC(N)=O)Nc1nc(Nc2ccc(N3CCN(C)CC3)c(C)c2)ncc1F. The number of anilines is 4. The molecule has 2 aromatic rings. The number of aryl methyl sites for hydroxylation is 1. The Bertz CT molecular complexity index is 931. The van der Waals surface area contributed by atoms with Crippen molar-refractivity contribution in [3.8, 4) is 0 Å². The first-order valence-corrected chi connectivity index (χ1v) is 11.7. The Kier molecular flexibility index (Phi) is 8.82. The standard InChI is InChI=1S/C24H36FN7O/c1-4-5-6-7-18(15-22(26)33)28-23-20(25)16-27-24(30-23)29-19-8-9-21(17(2)14-19)32-12-10-31(3)11-13-32/h8-9,14,16,18H,4-7,10-13,15H2,1-3H3,(H2,26,33)(H2,27,28,29,30)/t18-/m1/s1. The van der Waals surface area contributed by atoms with Crippen molar-refractivity contribution in [3.63, 3.8) is 0 Å². The van der Waals surface area contributed by atoms with Gasteiger partial charge in [-0.15, -0.1) is 0 Å². The minimum absolute atomic E-state index is 0.0704. The predicted octanol–water partition coefficient (Wildman–Crippen LogP) is 3.66. The van der Waals surface area contributed by atoms with Crippen molar-refractivity contribution in [3.05, 3.63) is 35.8 Å². The van der Waals surface area contributed by atoms with Crippen molar-refractivity contribution < 1.29 is 9.18 Å². The molecule has 1 aliphatic heterocycles. The number of unbranched alkanes of at least 4 members (excludes halogenated alkanes) is 2. The Morgan fingerprint density at radius 3 is 2.67 bits per heavy atom. The van der Waals surface area contributed by atoms with Gasteiger partial charge in [0.25, 0.3) is 0 Å². The van der Waals surface area contributed by atoms with Crippen LogP contribution < -0.4 is 21.3 Å². The van der Waals surface area contributed by atoms with E-state index >= 15 is 0 Å². The van der Waals surface area contributed by atoms with Gasteiger partial charge < -0.3 is 26.2 Å². The molecule has 0 bridgehead atoms. The zero-order valence-corrected chi connectivity index (χ0v) is 19.9. The van der Waals surface area contributed by atoms with Gasteiger partial charge in [0, 0.05) is 50.0 Å². The Labute approximate surface area is 195 Å². The van der Waals surface area contributed by atoms with Crippen molar-refractivity contribution >= 4 is 29.0 Å². The number of likely N-dealkylation sites (N-methyl/N-ethyl adjacent to an activating group) is 1. The van der Waals surface area contributed by atoms with Gasteiger partial charge in [-0.25, -0.2) is 9.37 Å². The third-order valence-corrected chi connectivity index (χ3v) is 5.99. The molecule has 0 aliphatic carbocycles. The molecule has 2 heterocycles. The van der Waals surface area contributed by atoms with Gasteiger partial charge in [-0.05, 0) is 44.2 Å². The summed E-state index contributed by atoms with van der Waals surface area (Å²) < 4.78 is 14.4. The number of benzene rings is 1. The van der Waals surface area contributed by atoms with E-state index in [1.807, 2.05) is 12.1 Å². The van der Waals surface area contributed by atoms with E-state index in [0.717, 1.165) is 69.3 Å². The summed E-state index contributed by atoms with van der Waals surface area (Å²) in [6, 6.07) is 5.87. The first-order chi connectivity index (χ1) is 15.9. The van der Waals surface area contributed by atoms with Crippen LogP contribution in [0.2, 0.25) is 0 Å². The Morgan fingerprint density at radius 2 is 2.00 bits per heavy atom. The highest BCUT2D eigenvalue weighted by molar-refractivity contribution is 5.75. The number of nitrogens with zero attached hydrogens (tertiary/aromatic N) is 4. The number of aromatic nitrogens is 2. The average Bonchev–Trinajstić information content (AvgIpc) is 2.77. The number of carbonyl (C=O) groups is 1. The van der Waals surface area contributed by atoms with Crippen LogP contribution in [0.3, 0.4) is 0 Å². The summed E-state index contributed by atoms with van der Waals surface area (Å²) in [6.45, 7) is 8.30. The van der Waals surface area contributed by atoms with Gasteiger partial charge in [0.2, 0.25) is 11.9 Å². The first kappa shape index (κ1) is 24.7. The number of primary amides is 1. The maximum absolute atomic E-state index is 14.4. The lowest BCUT2D eigenvalue weighted by molar-refractivity contribution is -0.118. The second-order valence-corrected chi connectivity index (χ2v) is 8.81. The second-order valence-electron chi connectivity index (χ2n) is 8.81. The van der Waals surface area contributed by atoms with Gasteiger partial charge in [0.1, 0.15) is 0 Å². The maximum atomic E-state index is 14.4. The molecule has 0 spiro atoms. The summed E-state index contributed by atoms with van der Waals surface area (Å²) in [5, 5.41) is 6.22. The van der Waals surface area contributed by atoms with Crippen LogP contribution in [0.4, 0.5) is 27.5 Å². The molecule has 1 aromatic heterocycles. The number of hydrogen-bond donors (Lipinski definition) is 3. The largest absolute Gasteiger partial charge is 0.370 e. The quantitative estimate of drug-likeness (QED) is 0.443. The van der Waals surface area contributed by atoms with Crippen molar-refractivity contribution in [2.75, 3.05) is 48.8 Å². The number of rotatable bonds is 11. The molecule has 4 N–H and O–H groups in total. The van der Waals surface area contributed by atoms with Crippen molar-refractivity contribution in [1.82, 2.24) is 14.9 Å². The molecule has 8 nitrogen and oxygen atoms in total. The van der Waals surface area contributed by atoms with Gasteiger partial charge in [0.05, 0.1) is 6.20 Å². The molecule has 1 aromatic carbocycles. The molecular weight excluding hydrogens is 421 g/mol. The highest BCUT2D eigenvalue weighted by atomic mass is 19.1. The average molecular weight is 458 g/mol. The zero-order valence-electron chi connectivity index (χ0n) is 19.9. The summed E-state index contributed by atoms with van der Waals surface area (Å²) in [5.74, 6) is -0.627. The molecule has 3 rings (SSSR count). The lowest BCUT2D eigenvalue weighted by Gasteiger charge is -2.35. The Hall–Kier alpha value is -2.94. The van der Waals surface area contributed by atoms with Crippen LogP contribution in [-0.2, 0) is 4.79 Å². The molecule has 1 aliphatic rings. The number of nitrogens with two attached hydrogens (primary N) is 1. The molecule has 0 radical (unpaired) electrons. The van der Waals surface area contributed by atoms with Crippen LogP contribution in [0.1, 0.15) is 44.6 Å². The van der Waals surface area contributed by atoms with E-state index < -0.39 is 11.7 Å². The number of piperazine rings is 1. The van der Waals surface area contributed by atoms with Gasteiger partial charge in [-0.1, -0.05) is 26.2 Å². The summed E-state index contributed by atoms with van der Waals surface area (Å²) in [6.07, 6.45) is 5.01. The predicted molar refractivity (Wildman–Crippen MR) is 132 cm³/mol. The number of carbonyl (C=O) groups excluding carboxylic acids is 1. The topological polar surface area (TPSA) is 99.4 Å². The van der Waals surface area contributed by atoms with Crippen LogP contribution in [-0.4, -0.2) is 60.0 Å². The molecule has 0 saturated carbocycles. The van der Waals surface area contributed by atoms with Gasteiger partial charge in [-0.2, -0.15) is 4.98 Å². The molecule has 1 fully saturated rings. The molecule has 33 heavy (non-hydrogen) atoms. The first-order valence-electron chi connectivity index (χ1n) is 11.7. The van der Waals surface area contributed by atoms with Crippen molar-refractivity contribution in [1.29, 1.82) is 0 Å². The fourth-order valence-electron chi connectivity index (χ4n) is 4.10. The van der Waals surface area contributed by atoms with Crippen LogP contribution >= 0.6 is 0 Å². The third kappa shape index (κ3) is 7.28. The number of halogens is 1. The van der Waals surface area contributed by atoms with Crippen LogP contribution in [0.5, 0.6) is 0 Å². The van der Waals surface area contributed by atoms with E-state index in [2.05, 4.69) is 57.4 Å². The molecule has 1 amide bonds. The minimum atomic E-state index is -0.563. The smallest absolute Gasteiger partial charge is 0.229 e. The van der Waals surface area contributed by atoms with Crippen LogP contribution in [0, 0.1) is 12.7 Å². The van der Waals surface area contributed by atoms with Crippen LogP contribution in [0.25, 0.3) is 0 Å². The van der Waals surface area contributed by atoms with Gasteiger partial charge >= 0.3 is 0 Å². The summed E-state index contributed by atoms with van der Waals surface area (Å²) in [5.41, 5.74) is 8.59. The van der Waals surface area contributed by atoms with Crippen molar-refractivity contribution in [2.24, 2.45) is 5.73 Å². The number of hydrogen-bond acceptors (Lipinski definition) is 7. The van der Waals surface area contributed by atoms with E-state index in [-0.39, 0.29) is 24.2 Å². The molecular formula is C24H36FN7O. The third-order valence-electron chi connectivity index (χ3n) is 5.99. The lowest BCUT2D eigenvalue weighted by Crippen LogP contribution is -2.44. The number of nitrogens with one attached hydrogen (secondary N) is 2. The maximum Gasteiger partial charge on any atom is 0.229 e. The summed E-state index contributed by atoms with van der Waals surface area (Å²) in [4.78, 5) is 24.6. The zero-order chi connectivity index (χ0) is 23.8. The lowest BCUT2D eigenvalue weighted by atomic mass is 10.1. The molecule has 9 heteroatoms. The second kappa shape index (κ2) is 11.8. The van der Waals surface area contributed by atoms with Gasteiger partial charge in [0.15, 0.2) is 11.6 Å². The Balaban J connectivity index is 1.69. The molecule has 1 atom stereocenters. The monoisotopic (exact) mass is 457 g/mol. The van der Waals surface area contributed by atoms with E-state index in [1.54, 1.807) is 0 Å². The highest BCUT2D eigenvalue weighted by Crippen LogP contribution is 2.26. The fraction of sp³-hybridized carbons (Fsp3) is 0.542. The fourth-order valence-corrected chi connectivity index (χ4v) is 4.10. The molecule has 180 valence electrons. The summed E-state index contributed by atoms with van der Waals surface area (Å²) in [7, 11) is 2.14. The highest BCUT2D eigenvalue weighted by Gasteiger charge is 2.18.